The van der Waals surface area contributed by atoms with Crippen molar-refractivity contribution in [2.24, 2.45) is 11.8 Å². The fourth-order valence-electron chi connectivity index (χ4n) is 4.26. The molecular weight excluding hydrogens is 182 g/mol. The largest absolute Gasteiger partial charge is 0.372 e. The van der Waals surface area contributed by atoms with Gasteiger partial charge in [0.25, 0.3) is 0 Å². The molecule has 1 saturated carbocycles. The van der Waals surface area contributed by atoms with Gasteiger partial charge in [-0.1, -0.05) is 18.9 Å². The summed E-state index contributed by atoms with van der Waals surface area (Å²) in [6.45, 7) is 3.58. The number of allylic oxidation sites excluding steroid dienone is 2. The van der Waals surface area contributed by atoms with Crippen molar-refractivity contribution in [3.05, 3.63) is 11.8 Å². The normalized spacial score (nSPS) is 39.7. The molecule has 0 spiro atoms. The second-order valence-electron chi connectivity index (χ2n) is 5.47. The van der Waals surface area contributed by atoms with Crippen LogP contribution in [0.15, 0.2) is 11.8 Å². The van der Waals surface area contributed by atoms with E-state index in [0.717, 1.165) is 17.9 Å². The summed E-state index contributed by atoms with van der Waals surface area (Å²) < 4.78 is 0. The molecule has 1 heteroatoms. The van der Waals surface area contributed by atoms with E-state index < -0.39 is 0 Å². The molecule has 2 fully saturated rings. The van der Waals surface area contributed by atoms with Crippen LogP contribution in [-0.4, -0.2) is 17.5 Å². The van der Waals surface area contributed by atoms with Gasteiger partial charge in [-0.25, -0.2) is 0 Å². The summed E-state index contributed by atoms with van der Waals surface area (Å²) >= 11 is 0. The van der Waals surface area contributed by atoms with Crippen molar-refractivity contribution >= 4 is 0 Å². The number of hydrogen-bond donors (Lipinski definition) is 0. The first kappa shape index (κ1) is 9.74. The molecule has 2 aliphatic carbocycles. The van der Waals surface area contributed by atoms with Gasteiger partial charge in [0, 0.05) is 24.2 Å². The zero-order valence-electron chi connectivity index (χ0n) is 9.91. The Morgan fingerprint density at radius 2 is 2.07 bits per heavy atom. The highest BCUT2D eigenvalue weighted by Crippen LogP contribution is 2.49. The minimum absolute atomic E-state index is 0.915. The number of fused-ring (bicyclic) bond motifs is 3. The van der Waals surface area contributed by atoms with Gasteiger partial charge >= 0.3 is 0 Å². The molecule has 3 rings (SSSR count). The highest BCUT2D eigenvalue weighted by atomic mass is 15.2. The van der Waals surface area contributed by atoms with Gasteiger partial charge in [-0.05, 0) is 44.9 Å². The van der Waals surface area contributed by atoms with E-state index in [1.165, 1.54) is 51.5 Å². The van der Waals surface area contributed by atoms with Crippen LogP contribution in [0.25, 0.3) is 0 Å². The Bertz CT molecular complexity index is 263. The molecule has 84 valence electrons. The van der Waals surface area contributed by atoms with Crippen LogP contribution >= 0.6 is 0 Å². The monoisotopic (exact) mass is 205 g/mol. The fraction of sp³-hybridized carbons (Fsp3) is 0.857. The molecule has 1 aliphatic heterocycles. The first-order valence-electron chi connectivity index (χ1n) is 6.88. The molecule has 1 heterocycles. The number of nitrogens with zero attached hydrogens (tertiary/aromatic N) is 1. The van der Waals surface area contributed by atoms with Crippen molar-refractivity contribution in [2.45, 2.75) is 57.9 Å². The molecule has 0 aromatic carbocycles. The Morgan fingerprint density at radius 3 is 2.93 bits per heavy atom. The maximum absolute atomic E-state index is 2.74. The molecule has 3 atom stereocenters. The molecule has 0 aromatic heterocycles. The third-order valence-corrected chi connectivity index (χ3v) is 4.82. The van der Waals surface area contributed by atoms with Crippen LogP contribution in [0, 0.1) is 11.8 Å². The molecule has 15 heavy (non-hydrogen) atoms. The van der Waals surface area contributed by atoms with Gasteiger partial charge < -0.3 is 4.90 Å². The average molecular weight is 205 g/mol. The molecular formula is C14H23N. The minimum atomic E-state index is 0.915. The van der Waals surface area contributed by atoms with E-state index in [1.54, 1.807) is 5.70 Å². The van der Waals surface area contributed by atoms with Gasteiger partial charge in [0.15, 0.2) is 0 Å². The van der Waals surface area contributed by atoms with Crippen LogP contribution in [0.1, 0.15) is 51.9 Å². The Hall–Kier alpha value is -0.460. The lowest BCUT2D eigenvalue weighted by atomic mass is 9.76. The lowest BCUT2D eigenvalue weighted by Crippen LogP contribution is -2.34. The van der Waals surface area contributed by atoms with Crippen molar-refractivity contribution in [1.29, 1.82) is 0 Å². The molecule has 1 nitrogen and oxygen atoms in total. The van der Waals surface area contributed by atoms with Crippen LogP contribution in [-0.2, 0) is 0 Å². The average Bonchev–Trinajstić information content (AvgIpc) is 2.63. The predicted octanol–water partition coefficient (Wildman–Crippen LogP) is 3.56. The van der Waals surface area contributed by atoms with E-state index in [0.29, 0.717) is 0 Å². The second kappa shape index (κ2) is 3.84. The third kappa shape index (κ3) is 1.43. The molecule has 3 aliphatic rings. The summed E-state index contributed by atoms with van der Waals surface area (Å²) in [4.78, 5) is 2.74. The Labute approximate surface area is 93.5 Å². The van der Waals surface area contributed by atoms with Gasteiger partial charge in [-0.15, -0.1) is 0 Å². The van der Waals surface area contributed by atoms with E-state index in [2.05, 4.69) is 17.9 Å². The van der Waals surface area contributed by atoms with Crippen LogP contribution < -0.4 is 0 Å². The third-order valence-electron chi connectivity index (χ3n) is 4.82. The maximum atomic E-state index is 2.74. The van der Waals surface area contributed by atoms with Crippen LogP contribution in [0.2, 0.25) is 0 Å². The standard InChI is InChI=1S/C14H23N/c1-2-15-13-9-5-3-7-11(13)12-8-4-6-10-14(12)15/h9,11-12,14H,2-8,10H2,1H3. The fourth-order valence-corrected chi connectivity index (χ4v) is 4.26. The van der Waals surface area contributed by atoms with E-state index in [-0.39, 0.29) is 0 Å². The quantitative estimate of drug-likeness (QED) is 0.632. The summed E-state index contributed by atoms with van der Waals surface area (Å²) in [5.74, 6) is 1.97. The molecule has 0 amide bonds. The summed E-state index contributed by atoms with van der Waals surface area (Å²) in [6, 6.07) is 0.915. The molecule has 0 radical (unpaired) electrons. The topological polar surface area (TPSA) is 3.24 Å². The molecule has 0 aromatic rings. The molecule has 0 N–H and O–H groups in total. The van der Waals surface area contributed by atoms with Gasteiger partial charge in [0.1, 0.15) is 0 Å². The molecule has 1 saturated heterocycles. The Morgan fingerprint density at radius 1 is 1.20 bits per heavy atom. The lowest BCUT2D eigenvalue weighted by Gasteiger charge is -2.32. The highest BCUT2D eigenvalue weighted by Gasteiger charge is 2.45. The van der Waals surface area contributed by atoms with E-state index >= 15 is 0 Å². The van der Waals surface area contributed by atoms with Crippen molar-refractivity contribution in [3.63, 3.8) is 0 Å². The van der Waals surface area contributed by atoms with Crippen LogP contribution in [0.5, 0.6) is 0 Å². The summed E-state index contributed by atoms with van der Waals surface area (Å²) in [6.07, 6.45) is 12.7. The van der Waals surface area contributed by atoms with Gasteiger partial charge in [0.05, 0.1) is 0 Å². The molecule has 3 unspecified atom stereocenters. The Balaban J connectivity index is 1.91. The number of likely N-dealkylation sites (tertiary alicyclic amines) is 1. The zero-order chi connectivity index (χ0) is 10.3. The number of hydrogen-bond acceptors (Lipinski definition) is 1. The number of rotatable bonds is 1. The molecule has 0 bridgehead atoms. The Kier molecular flexibility index (Phi) is 2.50. The van der Waals surface area contributed by atoms with Crippen LogP contribution in [0.4, 0.5) is 0 Å². The summed E-state index contributed by atoms with van der Waals surface area (Å²) in [7, 11) is 0. The summed E-state index contributed by atoms with van der Waals surface area (Å²) in [5.41, 5.74) is 1.74. The van der Waals surface area contributed by atoms with Crippen molar-refractivity contribution < 1.29 is 0 Å². The lowest BCUT2D eigenvalue weighted by molar-refractivity contribution is 0.193. The van der Waals surface area contributed by atoms with E-state index in [1.807, 2.05) is 0 Å². The predicted molar refractivity (Wildman–Crippen MR) is 63.6 cm³/mol. The second-order valence-corrected chi connectivity index (χ2v) is 5.47. The van der Waals surface area contributed by atoms with Gasteiger partial charge in [-0.2, -0.15) is 0 Å². The first-order chi connectivity index (χ1) is 7.42. The van der Waals surface area contributed by atoms with E-state index in [4.69, 9.17) is 0 Å². The van der Waals surface area contributed by atoms with Gasteiger partial charge in [0.2, 0.25) is 0 Å². The van der Waals surface area contributed by atoms with Crippen molar-refractivity contribution in [1.82, 2.24) is 4.90 Å². The SMILES string of the molecule is CCN1C2=CCCCC2C2CCCCC21. The van der Waals surface area contributed by atoms with E-state index in [9.17, 15) is 0 Å². The minimum Gasteiger partial charge on any atom is -0.372 e. The van der Waals surface area contributed by atoms with Crippen molar-refractivity contribution in [3.8, 4) is 0 Å². The highest BCUT2D eigenvalue weighted by molar-refractivity contribution is 5.19. The van der Waals surface area contributed by atoms with Crippen molar-refractivity contribution in [2.75, 3.05) is 6.54 Å². The summed E-state index contributed by atoms with van der Waals surface area (Å²) in [5, 5.41) is 0. The smallest absolute Gasteiger partial charge is 0.0321 e. The first-order valence-corrected chi connectivity index (χ1v) is 6.88. The zero-order valence-corrected chi connectivity index (χ0v) is 9.91. The maximum Gasteiger partial charge on any atom is 0.0321 e. The van der Waals surface area contributed by atoms with Gasteiger partial charge in [-0.3, -0.25) is 0 Å². The van der Waals surface area contributed by atoms with Crippen LogP contribution in [0.3, 0.4) is 0 Å².